The molecule has 0 fully saturated rings. The summed E-state index contributed by atoms with van der Waals surface area (Å²) in [6.07, 6.45) is 2.16. The summed E-state index contributed by atoms with van der Waals surface area (Å²) in [6.45, 7) is 0.403. The van der Waals surface area contributed by atoms with Crippen LogP contribution in [0.5, 0.6) is 28.7 Å². The lowest BCUT2D eigenvalue weighted by Gasteiger charge is -2.27. The quantitative estimate of drug-likeness (QED) is 0.144. The largest absolute Gasteiger partial charge is 0.493 e. The first-order valence-electron chi connectivity index (χ1n) is 13.9. The van der Waals surface area contributed by atoms with E-state index in [1.54, 1.807) is 44.6 Å². The predicted octanol–water partition coefficient (Wildman–Crippen LogP) is 6.55. The zero-order valence-corrected chi connectivity index (χ0v) is 24.0. The van der Waals surface area contributed by atoms with Crippen molar-refractivity contribution in [3.8, 4) is 39.9 Å². The van der Waals surface area contributed by atoms with Crippen molar-refractivity contribution in [2.24, 2.45) is 0 Å². The van der Waals surface area contributed by atoms with E-state index in [4.69, 9.17) is 28.1 Å². The van der Waals surface area contributed by atoms with E-state index in [0.717, 1.165) is 11.1 Å². The molecule has 1 aliphatic rings. The minimum Gasteiger partial charge on any atom is -0.493 e. The topological polar surface area (TPSA) is 93.4 Å². The average molecular weight is 579 g/mol. The highest BCUT2D eigenvalue weighted by atomic mass is 16.5. The maximum atomic E-state index is 13.8. The third kappa shape index (κ3) is 5.28. The van der Waals surface area contributed by atoms with E-state index in [1.807, 2.05) is 48.5 Å². The fourth-order valence-corrected chi connectivity index (χ4v) is 5.56. The number of rotatable bonds is 9. The molecule has 0 bridgehead atoms. The lowest BCUT2D eigenvalue weighted by Crippen LogP contribution is -2.22. The summed E-state index contributed by atoms with van der Waals surface area (Å²) >= 11 is 0. The summed E-state index contributed by atoms with van der Waals surface area (Å²) < 4.78 is 34.6. The third-order valence-electron chi connectivity index (χ3n) is 7.66. The van der Waals surface area contributed by atoms with Crippen molar-refractivity contribution in [3.05, 3.63) is 112 Å². The van der Waals surface area contributed by atoms with Gasteiger partial charge in [0.2, 0.25) is 5.43 Å². The number of methoxy groups -OCH3 is 3. The van der Waals surface area contributed by atoms with Crippen molar-refractivity contribution in [1.29, 1.82) is 0 Å². The molecular weight excluding hydrogens is 548 g/mol. The second-order valence-electron chi connectivity index (χ2n) is 10.1. The van der Waals surface area contributed by atoms with Gasteiger partial charge in [0.1, 0.15) is 17.6 Å². The third-order valence-corrected chi connectivity index (χ3v) is 7.66. The number of carbonyl (C=O) groups excluding carboxylic acids is 1. The van der Waals surface area contributed by atoms with Crippen LogP contribution in [0.2, 0.25) is 0 Å². The van der Waals surface area contributed by atoms with Crippen molar-refractivity contribution in [2.75, 3.05) is 27.9 Å². The van der Waals surface area contributed by atoms with Crippen LogP contribution >= 0.6 is 0 Å². The van der Waals surface area contributed by atoms with Crippen LogP contribution in [0.1, 0.15) is 29.0 Å². The number of benzene rings is 4. The fraction of sp³-hybridized carbons (Fsp3) is 0.200. The maximum Gasteiger partial charge on any atom is 0.312 e. The van der Waals surface area contributed by atoms with Crippen LogP contribution in [0.15, 0.2) is 94.3 Å². The SMILES string of the molecule is COc1ccc(-c2coc3c4c(ccc3c2=O)OC(=O)C[C@H]4c2cccc(OC)c2OCCc2ccccc2)cc1OC. The Morgan fingerprint density at radius 3 is 2.37 bits per heavy atom. The van der Waals surface area contributed by atoms with E-state index in [-0.39, 0.29) is 17.8 Å². The molecule has 0 aliphatic carbocycles. The molecule has 0 radical (unpaired) electrons. The average Bonchev–Trinajstić information content (AvgIpc) is 3.04. The van der Waals surface area contributed by atoms with Crippen molar-refractivity contribution in [3.63, 3.8) is 0 Å². The number of ether oxygens (including phenoxy) is 5. The van der Waals surface area contributed by atoms with Crippen LogP contribution in [0, 0.1) is 0 Å². The van der Waals surface area contributed by atoms with Crippen LogP contribution < -0.4 is 29.1 Å². The van der Waals surface area contributed by atoms with Gasteiger partial charge in [-0.25, -0.2) is 0 Å². The van der Waals surface area contributed by atoms with Crippen LogP contribution in [0.3, 0.4) is 0 Å². The van der Waals surface area contributed by atoms with Gasteiger partial charge in [-0.3, -0.25) is 9.59 Å². The Labute approximate surface area is 248 Å². The molecule has 0 spiro atoms. The summed E-state index contributed by atoms with van der Waals surface area (Å²) in [5, 5.41) is 0.364. The molecule has 1 atom stereocenters. The molecule has 218 valence electrons. The number of carbonyl (C=O) groups is 1. The number of fused-ring (bicyclic) bond motifs is 3. The first kappa shape index (κ1) is 27.9. The normalized spacial score (nSPS) is 14.1. The van der Waals surface area contributed by atoms with Gasteiger partial charge in [0.05, 0.1) is 45.3 Å². The molecule has 0 saturated heterocycles. The minimum atomic E-state index is -0.503. The molecule has 0 amide bonds. The van der Waals surface area contributed by atoms with Gasteiger partial charge >= 0.3 is 5.97 Å². The predicted molar refractivity (Wildman–Crippen MR) is 162 cm³/mol. The summed E-state index contributed by atoms with van der Waals surface area (Å²) in [7, 11) is 4.67. The highest BCUT2D eigenvalue weighted by Gasteiger charge is 2.34. The monoisotopic (exact) mass is 578 g/mol. The highest BCUT2D eigenvalue weighted by molar-refractivity contribution is 5.90. The van der Waals surface area contributed by atoms with E-state index < -0.39 is 5.92 Å². The molecule has 0 saturated carbocycles. The first-order valence-corrected chi connectivity index (χ1v) is 13.9. The standard InChI is InChI=1S/C35H30O8/c1-38-27-14-12-22(18-30(27)40-3)26-20-42-35-24(33(26)37)13-15-28-32(35)25(19-31(36)43-28)23-10-7-11-29(39-2)34(23)41-17-16-21-8-5-4-6-9-21/h4-15,18,20,25H,16-17,19H2,1-3H3/t25-/m0/s1. The molecule has 2 heterocycles. The summed E-state index contributed by atoms with van der Waals surface area (Å²) in [5.41, 5.74) is 3.60. The Balaban J connectivity index is 1.44. The van der Waals surface area contributed by atoms with Gasteiger partial charge < -0.3 is 28.1 Å². The molecule has 0 N–H and O–H groups in total. The summed E-state index contributed by atoms with van der Waals surface area (Å²) in [5.74, 6) is 1.58. The number of esters is 1. The Morgan fingerprint density at radius 1 is 0.814 bits per heavy atom. The molecule has 8 nitrogen and oxygen atoms in total. The molecular formula is C35H30O8. The van der Waals surface area contributed by atoms with Gasteiger partial charge in [-0.05, 0) is 41.5 Å². The lowest BCUT2D eigenvalue weighted by atomic mass is 9.84. The second-order valence-corrected chi connectivity index (χ2v) is 10.1. The Hall–Kier alpha value is -5.24. The zero-order chi connectivity index (χ0) is 29.9. The van der Waals surface area contributed by atoms with E-state index >= 15 is 0 Å². The van der Waals surface area contributed by atoms with E-state index in [9.17, 15) is 9.59 Å². The van der Waals surface area contributed by atoms with Gasteiger partial charge in [0, 0.05) is 23.5 Å². The smallest absolute Gasteiger partial charge is 0.312 e. The molecule has 0 unspecified atom stereocenters. The van der Waals surface area contributed by atoms with Crippen LogP contribution in [0.4, 0.5) is 0 Å². The molecule has 1 aromatic heterocycles. The van der Waals surface area contributed by atoms with Crippen LogP contribution in [-0.4, -0.2) is 33.9 Å². The minimum absolute atomic E-state index is 0.0372. The fourth-order valence-electron chi connectivity index (χ4n) is 5.56. The molecule has 8 heteroatoms. The highest BCUT2D eigenvalue weighted by Crippen LogP contribution is 2.47. The Bertz CT molecular complexity index is 1860. The number of hydrogen-bond donors (Lipinski definition) is 0. The van der Waals surface area contributed by atoms with Crippen molar-refractivity contribution >= 4 is 16.9 Å². The Morgan fingerprint density at radius 2 is 1.60 bits per heavy atom. The van der Waals surface area contributed by atoms with Gasteiger partial charge in [-0.15, -0.1) is 0 Å². The first-order chi connectivity index (χ1) is 21.0. The van der Waals surface area contributed by atoms with E-state index in [2.05, 4.69) is 0 Å². The molecule has 5 aromatic rings. The van der Waals surface area contributed by atoms with Gasteiger partial charge in [0.25, 0.3) is 0 Å². The molecule has 4 aromatic carbocycles. The van der Waals surface area contributed by atoms with E-state index in [1.165, 1.54) is 13.4 Å². The summed E-state index contributed by atoms with van der Waals surface area (Å²) in [4.78, 5) is 26.7. The van der Waals surface area contributed by atoms with Gasteiger partial charge in [0.15, 0.2) is 23.0 Å². The maximum absolute atomic E-state index is 13.8. The van der Waals surface area contributed by atoms with Crippen LogP contribution in [0.25, 0.3) is 22.1 Å². The lowest BCUT2D eigenvalue weighted by molar-refractivity contribution is -0.135. The van der Waals surface area contributed by atoms with E-state index in [0.29, 0.717) is 69.4 Å². The van der Waals surface area contributed by atoms with Crippen molar-refractivity contribution in [2.45, 2.75) is 18.8 Å². The van der Waals surface area contributed by atoms with Crippen LogP contribution in [-0.2, 0) is 11.2 Å². The number of para-hydroxylation sites is 1. The number of hydrogen-bond acceptors (Lipinski definition) is 8. The molecule has 43 heavy (non-hydrogen) atoms. The van der Waals surface area contributed by atoms with Crippen molar-refractivity contribution < 1.29 is 32.9 Å². The second kappa shape index (κ2) is 11.9. The van der Waals surface area contributed by atoms with Crippen molar-refractivity contribution in [1.82, 2.24) is 0 Å². The van der Waals surface area contributed by atoms with Gasteiger partial charge in [-0.2, -0.15) is 0 Å². The van der Waals surface area contributed by atoms with Gasteiger partial charge in [-0.1, -0.05) is 48.5 Å². The molecule has 6 rings (SSSR count). The molecule has 1 aliphatic heterocycles. The Kier molecular flexibility index (Phi) is 7.75. The summed E-state index contributed by atoms with van der Waals surface area (Å²) in [6, 6.07) is 24.1. The zero-order valence-electron chi connectivity index (χ0n) is 24.0.